The number of nitrogens with zero attached hydrogens (tertiary/aromatic N) is 3. The second-order valence-corrected chi connectivity index (χ2v) is 7.94. The molecule has 0 aromatic carbocycles. The molecule has 3 atom stereocenters. The molecule has 1 aromatic heterocycles. The van der Waals surface area contributed by atoms with Gasteiger partial charge >= 0.3 is 0 Å². The number of aromatic amines is 1. The van der Waals surface area contributed by atoms with Crippen molar-refractivity contribution in [2.45, 2.75) is 69.1 Å². The molecule has 7 nitrogen and oxygen atoms in total. The lowest BCUT2D eigenvalue weighted by atomic mass is 9.98. The lowest BCUT2D eigenvalue weighted by Gasteiger charge is -2.38. The summed E-state index contributed by atoms with van der Waals surface area (Å²) in [6.07, 6.45) is 0.744. The molecule has 1 aromatic rings. The van der Waals surface area contributed by atoms with Crippen LogP contribution in [0.3, 0.4) is 0 Å². The largest absolute Gasteiger partial charge is 0.340 e. The minimum absolute atomic E-state index is 0.165. The van der Waals surface area contributed by atoms with Crippen molar-refractivity contribution in [3.63, 3.8) is 0 Å². The highest BCUT2D eigenvalue weighted by Gasteiger charge is 2.50. The number of rotatable bonds is 3. The fourth-order valence-corrected chi connectivity index (χ4v) is 4.05. The first-order valence-corrected chi connectivity index (χ1v) is 9.33. The normalized spacial score (nSPS) is 35.5. The standard InChI is InChI=1S/C17H23F4N7/c1-9-23-8-12(24-9)13-26-14(25-11-3-5-16(20,21)7-11)28-17(22,27-13)10-2-4-15(18,19)6-10/h8,10-11H,2-7,22H2,1H3,(H,23,24)(H2,25,26,27,28). The molecule has 11 heteroatoms. The summed E-state index contributed by atoms with van der Waals surface area (Å²) in [6, 6.07) is -0.581. The van der Waals surface area contributed by atoms with Gasteiger partial charge in [0.2, 0.25) is 11.8 Å². The summed E-state index contributed by atoms with van der Waals surface area (Å²) in [7, 11) is 0. The highest BCUT2D eigenvalue weighted by molar-refractivity contribution is 6.09. The number of nitrogens with two attached hydrogens (primary N) is 1. The number of hydrogen-bond donors (Lipinski definition) is 4. The fraction of sp³-hybridized carbons (Fsp3) is 0.706. The van der Waals surface area contributed by atoms with Gasteiger partial charge in [-0.05, 0) is 19.8 Å². The minimum atomic E-state index is -2.80. The van der Waals surface area contributed by atoms with E-state index in [9.17, 15) is 17.6 Å². The van der Waals surface area contributed by atoms with Crippen molar-refractivity contribution in [2.75, 3.05) is 0 Å². The zero-order chi connectivity index (χ0) is 20.2. The Morgan fingerprint density at radius 3 is 2.43 bits per heavy atom. The van der Waals surface area contributed by atoms with Crippen LogP contribution in [0.15, 0.2) is 16.2 Å². The molecule has 1 aliphatic heterocycles. The number of hydrogen-bond acceptors (Lipinski definition) is 4. The first kappa shape index (κ1) is 19.2. The number of nitrogens with one attached hydrogen (secondary N) is 3. The van der Waals surface area contributed by atoms with Gasteiger partial charge in [0, 0.05) is 31.6 Å². The molecule has 0 spiro atoms. The van der Waals surface area contributed by atoms with E-state index in [1.807, 2.05) is 0 Å². The third-order valence-corrected chi connectivity index (χ3v) is 5.53. The molecule has 2 saturated carbocycles. The zero-order valence-corrected chi connectivity index (χ0v) is 15.4. The van der Waals surface area contributed by atoms with Crippen LogP contribution in [0.5, 0.6) is 0 Å². The van der Waals surface area contributed by atoms with E-state index in [-0.39, 0.29) is 38.1 Å². The highest BCUT2D eigenvalue weighted by atomic mass is 19.3. The van der Waals surface area contributed by atoms with Gasteiger partial charge in [0.05, 0.1) is 12.2 Å². The quantitative estimate of drug-likeness (QED) is 0.583. The number of aromatic nitrogens is 2. The third-order valence-electron chi connectivity index (χ3n) is 5.53. The van der Waals surface area contributed by atoms with Gasteiger partial charge in [0.1, 0.15) is 11.5 Å². The van der Waals surface area contributed by atoms with Crippen molar-refractivity contribution in [1.82, 2.24) is 20.6 Å². The van der Waals surface area contributed by atoms with Gasteiger partial charge in [-0.2, -0.15) is 0 Å². The van der Waals surface area contributed by atoms with Crippen LogP contribution in [-0.4, -0.2) is 45.4 Å². The molecule has 0 amide bonds. The van der Waals surface area contributed by atoms with Crippen LogP contribution in [0.4, 0.5) is 17.6 Å². The molecule has 2 aliphatic carbocycles. The molecule has 28 heavy (non-hydrogen) atoms. The van der Waals surface area contributed by atoms with Crippen LogP contribution >= 0.6 is 0 Å². The summed E-state index contributed by atoms with van der Waals surface area (Å²) in [5.74, 6) is -6.58. The zero-order valence-electron chi connectivity index (χ0n) is 15.4. The molecule has 0 radical (unpaired) electrons. The topological polar surface area (TPSA) is 103 Å². The van der Waals surface area contributed by atoms with E-state index in [1.165, 1.54) is 6.20 Å². The lowest BCUT2D eigenvalue weighted by Crippen LogP contribution is -2.66. The van der Waals surface area contributed by atoms with E-state index in [1.54, 1.807) is 6.92 Å². The third kappa shape index (κ3) is 3.85. The van der Waals surface area contributed by atoms with Crippen LogP contribution in [-0.2, 0) is 0 Å². The van der Waals surface area contributed by atoms with Crippen molar-refractivity contribution in [3.8, 4) is 0 Å². The van der Waals surface area contributed by atoms with E-state index in [0.717, 1.165) is 0 Å². The fourth-order valence-electron chi connectivity index (χ4n) is 4.05. The maximum atomic E-state index is 13.8. The molecule has 3 unspecified atom stereocenters. The van der Waals surface area contributed by atoms with E-state index in [4.69, 9.17) is 5.73 Å². The van der Waals surface area contributed by atoms with Crippen molar-refractivity contribution >= 4 is 11.8 Å². The van der Waals surface area contributed by atoms with Crippen molar-refractivity contribution in [2.24, 2.45) is 21.6 Å². The Morgan fingerprint density at radius 2 is 1.86 bits per heavy atom. The molecule has 0 saturated heterocycles. The predicted molar refractivity (Wildman–Crippen MR) is 95.4 cm³/mol. The summed E-state index contributed by atoms with van der Waals surface area (Å²) < 4.78 is 54.6. The first-order chi connectivity index (χ1) is 13.0. The van der Waals surface area contributed by atoms with E-state index >= 15 is 0 Å². The van der Waals surface area contributed by atoms with E-state index in [2.05, 4.69) is 30.6 Å². The van der Waals surface area contributed by atoms with Gasteiger partial charge in [-0.3, -0.25) is 5.73 Å². The van der Waals surface area contributed by atoms with Gasteiger partial charge in [-0.25, -0.2) is 32.5 Å². The monoisotopic (exact) mass is 401 g/mol. The molecular formula is C17H23F4N7. The van der Waals surface area contributed by atoms with Crippen molar-refractivity contribution in [3.05, 3.63) is 17.7 Å². The first-order valence-electron chi connectivity index (χ1n) is 9.33. The van der Waals surface area contributed by atoms with E-state index in [0.29, 0.717) is 17.4 Å². The van der Waals surface area contributed by atoms with E-state index < -0.39 is 36.0 Å². The Morgan fingerprint density at radius 1 is 1.14 bits per heavy atom. The summed E-state index contributed by atoms with van der Waals surface area (Å²) in [6.45, 7) is 1.76. The number of halogens is 4. The van der Waals surface area contributed by atoms with Gasteiger partial charge in [-0.15, -0.1) is 0 Å². The van der Waals surface area contributed by atoms with Gasteiger partial charge in [-0.1, -0.05) is 0 Å². The Hall–Kier alpha value is -2.17. The molecule has 2 heterocycles. The lowest BCUT2D eigenvalue weighted by molar-refractivity contribution is 0.000231. The molecular weight excluding hydrogens is 378 g/mol. The minimum Gasteiger partial charge on any atom is -0.340 e. The molecule has 5 N–H and O–H groups in total. The number of guanidine groups is 1. The van der Waals surface area contributed by atoms with Gasteiger partial charge in [0.15, 0.2) is 17.6 Å². The molecule has 0 bridgehead atoms. The number of aliphatic imine (C=N–C) groups is 2. The maximum Gasteiger partial charge on any atom is 0.250 e. The Balaban J connectivity index is 1.65. The van der Waals surface area contributed by atoms with Crippen LogP contribution in [0, 0.1) is 12.8 Å². The van der Waals surface area contributed by atoms with Crippen LogP contribution in [0.25, 0.3) is 0 Å². The van der Waals surface area contributed by atoms with Gasteiger partial charge < -0.3 is 15.6 Å². The number of imidazole rings is 1. The SMILES string of the molecule is Cc1ncc(C2=NC(N)(C3CCC(F)(F)C3)NC(=NC3CCC(F)(F)C3)N2)[nH]1. The summed E-state index contributed by atoms with van der Waals surface area (Å²) in [4.78, 5) is 15.9. The maximum absolute atomic E-state index is 13.8. The molecule has 3 aliphatic rings. The van der Waals surface area contributed by atoms with Crippen LogP contribution < -0.4 is 16.4 Å². The Bertz CT molecular complexity index is 818. The number of H-pyrrole nitrogens is 1. The Labute approximate surface area is 159 Å². The summed E-state index contributed by atoms with van der Waals surface area (Å²) >= 11 is 0. The smallest absolute Gasteiger partial charge is 0.250 e. The number of alkyl halides is 4. The molecule has 2 fully saturated rings. The predicted octanol–water partition coefficient (Wildman–Crippen LogP) is 2.25. The average molecular weight is 401 g/mol. The molecule has 4 rings (SSSR count). The van der Waals surface area contributed by atoms with Gasteiger partial charge in [0.25, 0.3) is 0 Å². The van der Waals surface area contributed by atoms with Crippen LogP contribution in [0.2, 0.25) is 0 Å². The Kier molecular flexibility index (Phi) is 4.40. The molecule has 154 valence electrons. The number of aryl methyl sites for hydroxylation is 1. The van der Waals surface area contributed by atoms with Crippen molar-refractivity contribution < 1.29 is 17.6 Å². The highest BCUT2D eigenvalue weighted by Crippen LogP contribution is 2.43. The number of amidine groups is 1. The van der Waals surface area contributed by atoms with Crippen LogP contribution in [0.1, 0.15) is 50.0 Å². The summed E-state index contributed by atoms with van der Waals surface area (Å²) in [5, 5.41) is 5.83. The second-order valence-electron chi connectivity index (χ2n) is 7.94. The average Bonchev–Trinajstić information content (AvgIpc) is 3.26. The summed E-state index contributed by atoms with van der Waals surface area (Å²) in [5.41, 5.74) is 6.92. The van der Waals surface area contributed by atoms with Crippen molar-refractivity contribution in [1.29, 1.82) is 0 Å². The second kappa shape index (κ2) is 6.43.